The van der Waals surface area contributed by atoms with Crippen LogP contribution >= 0.6 is 11.6 Å². The second-order valence-electron chi connectivity index (χ2n) is 11.1. The molecule has 2 amide bonds. The van der Waals surface area contributed by atoms with E-state index in [0.717, 1.165) is 65.8 Å². The molecule has 4 aromatic rings. The Morgan fingerprint density at radius 2 is 1.68 bits per heavy atom. The van der Waals surface area contributed by atoms with Gasteiger partial charge in [-0.15, -0.1) is 0 Å². The molecule has 4 aromatic carbocycles. The first kappa shape index (κ1) is 29.5. The van der Waals surface area contributed by atoms with E-state index in [2.05, 4.69) is 27.2 Å². The second kappa shape index (κ2) is 13.4. The summed E-state index contributed by atoms with van der Waals surface area (Å²) in [7, 11) is 0. The number of para-hydroxylation sites is 2. The van der Waals surface area contributed by atoms with Gasteiger partial charge < -0.3 is 15.0 Å². The predicted molar refractivity (Wildman–Crippen MR) is 176 cm³/mol. The maximum Gasteiger partial charge on any atom is 0.294 e. The number of nitrogens with one attached hydrogen (secondary N) is 1. The van der Waals surface area contributed by atoms with Gasteiger partial charge in [-0.05, 0) is 66.6 Å². The Labute approximate surface area is 263 Å². The normalized spacial score (nSPS) is 16.0. The third-order valence-electron chi connectivity index (χ3n) is 7.98. The zero-order chi connectivity index (χ0) is 30.5. The lowest BCUT2D eigenvalue weighted by atomic mass is 10.1. The van der Waals surface area contributed by atoms with Crippen LogP contribution in [0.3, 0.4) is 0 Å². The lowest BCUT2D eigenvalue weighted by Gasteiger charge is -2.36. The number of amides is 2. The minimum absolute atomic E-state index is 0.120. The van der Waals surface area contributed by atoms with Crippen LogP contribution in [0.25, 0.3) is 6.08 Å². The van der Waals surface area contributed by atoms with Crippen molar-refractivity contribution in [2.75, 3.05) is 49.1 Å². The van der Waals surface area contributed by atoms with Gasteiger partial charge in [0.25, 0.3) is 11.8 Å². The summed E-state index contributed by atoms with van der Waals surface area (Å²) in [6.07, 6.45) is 1.73. The number of carbonyl (C=O) groups excluding carboxylic acids is 2. The summed E-state index contributed by atoms with van der Waals surface area (Å²) in [4.78, 5) is 32.8. The molecule has 2 heterocycles. The van der Waals surface area contributed by atoms with Crippen molar-refractivity contribution in [3.05, 3.63) is 130 Å². The standard InChI is InChI=1S/C36H35ClN4O3/c1-26-6-4-7-28(22-26)25-41-32-10-2-3-11-33(32)44-34(36(41)43)23-27-12-14-29(15-13-27)35(42)38-16-17-39-18-20-40(21-19-39)31-9-5-8-30(37)24-31/h2-15,22-24H,16-21,25H2,1H3,(H,38,42)/b34-23+. The van der Waals surface area contributed by atoms with Crippen molar-refractivity contribution in [1.29, 1.82) is 0 Å². The van der Waals surface area contributed by atoms with Crippen LogP contribution in [-0.2, 0) is 11.3 Å². The smallest absolute Gasteiger partial charge is 0.294 e. The molecule has 1 saturated heterocycles. The van der Waals surface area contributed by atoms with E-state index in [0.29, 0.717) is 24.4 Å². The Hall–Kier alpha value is -4.59. The third kappa shape index (κ3) is 6.96. The summed E-state index contributed by atoms with van der Waals surface area (Å²) in [5, 5.41) is 3.79. The van der Waals surface area contributed by atoms with E-state index in [-0.39, 0.29) is 17.6 Å². The molecule has 0 bridgehead atoms. The molecule has 0 aliphatic carbocycles. The van der Waals surface area contributed by atoms with Crippen molar-refractivity contribution in [1.82, 2.24) is 10.2 Å². The fourth-order valence-corrected chi connectivity index (χ4v) is 5.81. The molecule has 0 atom stereocenters. The van der Waals surface area contributed by atoms with Gasteiger partial charge in [-0.2, -0.15) is 0 Å². The number of fused-ring (bicyclic) bond motifs is 1. The van der Waals surface area contributed by atoms with Gasteiger partial charge in [0.05, 0.1) is 12.2 Å². The topological polar surface area (TPSA) is 65.1 Å². The lowest BCUT2D eigenvalue weighted by Crippen LogP contribution is -2.48. The number of hydrogen-bond acceptors (Lipinski definition) is 5. The highest BCUT2D eigenvalue weighted by Gasteiger charge is 2.30. The highest BCUT2D eigenvalue weighted by molar-refractivity contribution is 6.30. The highest BCUT2D eigenvalue weighted by atomic mass is 35.5. The minimum Gasteiger partial charge on any atom is -0.449 e. The summed E-state index contributed by atoms with van der Waals surface area (Å²) in [5.41, 5.74) is 5.42. The van der Waals surface area contributed by atoms with Gasteiger partial charge in [0.2, 0.25) is 0 Å². The van der Waals surface area contributed by atoms with Crippen LogP contribution in [0.15, 0.2) is 103 Å². The van der Waals surface area contributed by atoms with Crippen molar-refractivity contribution in [3.63, 3.8) is 0 Å². The highest BCUT2D eigenvalue weighted by Crippen LogP contribution is 2.36. The van der Waals surface area contributed by atoms with Crippen LogP contribution in [0.5, 0.6) is 5.75 Å². The number of benzene rings is 4. The summed E-state index contributed by atoms with van der Waals surface area (Å²) >= 11 is 6.15. The first-order valence-electron chi connectivity index (χ1n) is 14.9. The van der Waals surface area contributed by atoms with Crippen molar-refractivity contribution < 1.29 is 14.3 Å². The van der Waals surface area contributed by atoms with Crippen molar-refractivity contribution >= 4 is 40.9 Å². The van der Waals surface area contributed by atoms with Crippen LogP contribution in [0.1, 0.15) is 27.0 Å². The Morgan fingerprint density at radius 3 is 2.45 bits per heavy atom. The van der Waals surface area contributed by atoms with E-state index in [9.17, 15) is 9.59 Å². The number of anilines is 2. The van der Waals surface area contributed by atoms with Crippen molar-refractivity contribution in [2.45, 2.75) is 13.5 Å². The van der Waals surface area contributed by atoms with Crippen LogP contribution in [-0.4, -0.2) is 56.0 Å². The summed E-state index contributed by atoms with van der Waals surface area (Å²) < 4.78 is 6.04. The Bertz CT molecular complexity index is 1680. The first-order chi connectivity index (χ1) is 21.4. The Kier molecular flexibility index (Phi) is 8.96. The van der Waals surface area contributed by atoms with Crippen LogP contribution in [0, 0.1) is 6.92 Å². The maximum absolute atomic E-state index is 13.6. The number of carbonyl (C=O) groups is 2. The fourth-order valence-electron chi connectivity index (χ4n) is 5.63. The Balaban J connectivity index is 1.04. The SMILES string of the molecule is Cc1cccc(CN2C(=O)/C(=C\c3ccc(C(=O)NCCN4CCN(c5cccc(Cl)c5)CC4)cc3)Oc3ccccc32)c1. The van der Waals surface area contributed by atoms with E-state index in [1.165, 1.54) is 0 Å². The first-order valence-corrected chi connectivity index (χ1v) is 15.3. The van der Waals surface area contributed by atoms with Crippen molar-refractivity contribution in [3.8, 4) is 5.75 Å². The molecule has 6 rings (SSSR count). The maximum atomic E-state index is 13.6. The molecule has 44 heavy (non-hydrogen) atoms. The Morgan fingerprint density at radius 1 is 0.909 bits per heavy atom. The van der Waals surface area contributed by atoms with Crippen LogP contribution in [0.2, 0.25) is 5.02 Å². The van der Waals surface area contributed by atoms with Gasteiger partial charge >= 0.3 is 0 Å². The van der Waals surface area contributed by atoms with Gasteiger partial charge in [-0.1, -0.05) is 71.8 Å². The summed E-state index contributed by atoms with van der Waals surface area (Å²) in [5.74, 6) is 0.544. The molecule has 0 saturated carbocycles. The molecular formula is C36H35ClN4O3. The molecule has 1 N–H and O–H groups in total. The molecule has 8 heteroatoms. The summed E-state index contributed by atoms with van der Waals surface area (Å²) in [6.45, 7) is 7.55. The molecule has 0 radical (unpaired) electrons. The zero-order valence-corrected chi connectivity index (χ0v) is 25.5. The van der Waals surface area contributed by atoms with Gasteiger partial charge in [0, 0.05) is 55.5 Å². The molecule has 0 aromatic heterocycles. The average Bonchev–Trinajstić information content (AvgIpc) is 3.04. The van der Waals surface area contributed by atoms with E-state index < -0.39 is 0 Å². The molecule has 1 fully saturated rings. The third-order valence-corrected chi connectivity index (χ3v) is 8.22. The van der Waals surface area contributed by atoms with Crippen LogP contribution in [0.4, 0.5) is 11.4 Å². The molecule has 0 spiro atoms. The number of piperazine rings is 1. The van der Waals surface area contributed by atoms with Gasteiger partial charge in [0.15, 0.2) is 11.5 Å². The number of ether oxygens (including phenoxy) is 1. The number of hydrogen-bond donors (Lipinski definition) is 1. The molecule has 2 aliphatic heterocycles. The fraction of sp³-hybridized carbons (Fsp3) is 0.222. The van der Waals surface area contributed by atoms with Gasteiger partial charge in [0.1, 0.15) is 0 Å². The van der Waals surface area contributed by atoms with E-state index in [4.69, 9.17) is 16.3 Å². The van der Waals surface area contributed by atoms with E-state index >= 15 is 0 Å². The largest absolute Gasteiger partial charge is 0.449 e. The number of nitrogens with zero attached hydrogens (tertiary/aromatic N) is 3. The number of aryl methyl sites for hydroxylation is 1. The second-order valence-corrected chi connectivity index (χ2v) is 11.6. The number of rotatable bonds is 8. The molecule has 2 aliphatic rings. The molecule has 7 nitrogen and oxygen atoms in total. The minimum atomic E-state index is -0.208. The van der Waals surface area contributed by atoms with Gasteiger partial charge in [-0.25, -0.2) is 0 Å². The van der Waals surface area contributed by atoms with Crippen molar-refractivity contribution in [2.24, 2.45) is 0 Å². The van der Waals surface area contributed by atoms with E-state index in [1.54, 1.807) is 23.1 Å². The molecule has 0 unspecified atom stereocenters. The summed E-state index contributed by atoms with van der Waals surface area (Å²) in [6, 6.07) is 30.9. The molecule has 224 valence electrons. The van der Waals surface area contributed by atoms with E-state index in [1.807, 2.05) is 79.7 Å². The lowest BCUT2D eigenvalue weighted by molar-refractivity contribution is -0.117. The van der Waals surface area contributed by atoms with Gasteiger partial charge in [-0.3, -0.25) is 19.4 Å². The molecular weight excluding hydrogens is 572 g/mol. The average molecular weight is 607 g/mol. The van der Waals surface area contributed by atoms with Crippen LogP contribution < -0.4 is 19.9 Å². The number of halogens is 1. The zero-order valence-electron chi connectivity index (χ0n) is 24.7. The monoisotopic (exact) mass is 606 g/mol. The predicted octanol–water partition coefficient (Wildman–Crippen LogP) is 6.17. The quantitative estimate of drug-likeness (QED) is 0.243.